The van der Waals surface area contributed by atoms with E-state index in [9.17, 15) is 9.90 Å². The van der Waals surface area contributed by atoms with E-state index >= 15 is 0 Å². The Balaban J connectivity index is 2.61. The summed E-state index contributed by atoms with van der Waals surface area (Å²) in [7, 11) is 1.67. The van der Waals surface area contributed by atoms with Crippen LogP contribution in [-0.4, -0.2) is 35.0 Å². The summed E-state index contributed by atoms with van der Waals surface area (Å²) >= 11 is 0. The SMILES string of the molecule is CCC(O)(C(=O)O)C1CCC(OC)CC1. The molecule has 0 aliphatic heterocycles. The Labute approximate surface area is 90.2 Å². The maximum atomic E-state index is 11.0. The van der Waals surface area contributed by atoms with Crippen LogP contribution < -0.4 is 0 Å². The first-order valence-electron chi connectivity index (χ1n) is 5.53. The van der Waals surface area contributed by atoms with Crippen molar-refractivity contribution in [2.24, 2.45) is 5.92 Å². The predicted octanol–water partition coefficient (Wildman–Crippen LogP) is 1.42. The van der Waals surface area contributed by atoms with Gasteiger partial charge in [0.1, 0.15) is 0 Å². The van der Waals surface area contributed by atoms with Crippen molar-refractivity contribution in [3.63, 3.8) is 0 Å². The van der Waals surface area contributed by atoms with Crippen molar-refractivity contribution in [1.82, 2.24) is 0 Å². The van der Waals surface area contributed by atoms with E-state index in [1.165, 1.54) is 0 Å². The van der Waals surface area contributed by atoms with Crippen LogP contribution in [0, 0.1) is 5.92 Å². The van der Waals surface area contributed by atoms with Gasteiger partial charge in [-0.15, -0.1) is 0 Å². The Kier molecular flexibility index (Phi) is 4.11. The Bertz CT molecular complexity index is 221. The van der Waals surface area contributed by atoms with Crippen LogP contribution in [0.5, 0.6) is 0 Å². The summed E-state index contributed by atoms with van der Waals surface area (Å²) in [6.07, 6.45) is 3.65. The molecule has 88 valence electrons. The lowest BCUT2D eigenvalue weighted by molar-refractivity contribution is -0.168. The minimum atomic E-state index is -1.54. The molecule has 0 bridgehead atoms. The largest absolute Gasteiger partial charge is 0.479 e. The lowest BCUT2D eigenvalue weighted by atomic mass is 9.75. The molecular weight excluding hydrogens is 196 g/mol. The van der Waals surface area contributed by atoms with Crippen molar-refractivity contribution in [2.75, 3.05) is 7.11 Å². The van der Waals surface area contributed by atoms with Crippen LogP contribution in [0.3, 0.4) is 0 Å². The molecule has 15 heavy (non-hydrogen) atoms. The molecule has 0 radical (unpaired) electrons. The highest BCUT2D eigenvalue weighted by atomic mass is 16.5. The van der Waals surface area contributed by atoms with Gasteiger partial charge in [0.25, 0.3) is 0 Å². The van der Waals surface area contributed by atoms with Crippen molar-refractivity contribution in [1.29, 1.82) is 0 Å². The van der Waals surface area contributed by atoms with Crippen molar-refractivity contribution >= 4 is 5.97 Å². The summed E-state index contributed by atoms with van der Waals surface area (Å²) in [5.74, 6) is -1.22. The molecule has 1 saturated carbocycles. The molecule has 1 aliphatic rings. The molecule has 1 aliphatic carbocycles. The third-order valence-corrected chi connectivity index (χ3v) is 3.59. The van der Waals surface area contributed by atoms with Crippen LogP contribution in [0.4, 0.5) is 0 Å². The summed E-state index contributed by atoms with van der Waals surface area (Å²) < 4.78 is 5.22. The average molecular weight is 216 g/mol. The van der Waals surface area contributed by atoms with Gasteiger partial charge in [-0.3, -0.25) is 0 Å². The molecule has 0 spiro atoms. The highest BCUT2D eigenvalue weighted by Gasteiger charge is 2.43. The fourth-order valence-electron chi connectivity index (χ4n) is 2.39. The third kappa shape index (κ3) is 2.49. The minimum Gasteiger partial charge on any atom is -0.479 e. The molecule has 4 nitrogen and oxygen atoms in total. The van der Waals surface area contributed by atoms with Crippen LogP contribution in [0.15, 0.2) is 0 Å². The lowest BCUT2D eigenvalue weighted by Gasteiger charge is -2.36. The van der Waals surface area contributed by atoms with E-state index in [4.69, 9.17) is 9.84 Å². The summed E-state index contributed by atoms with van der Waals surface area (Å²) in [6, 6.07) is 0. The van der Waals surface area contributed by atoms with E-state index < -0.39 is 11.6 Å². The number of aliphatic hydroxyl groups is 1. The summed E-state index contributed by atoms with van der Waals surface area (Å²) in [6.45, 7) is 1.72. The van der Waals surface area contributed by atoms with Crippen LogP contribution >= 0.6 is 0 Å². The van der Waals surface area contributed by atoms with Crippen LogP contribution in [-0.2, 0) is 9.53 Å². The number of hydrogen-bond acceptors (Lipinski definition) is 3. The van der Waals surface area contributed by atoms with Crippen LogP contribution in [0.1, 0.15) is 39.0 Å². The monoisotopic (exact) mass is 216 g/mol. The quantitative estimate of drug-likeness (QED) is 0.745. The first-order valence-corrected chi connectivity index (χ1v) is 5.53. The Morgan fingerprint density at radius 3 is 2.27 bits per heavy atom. The van der Waals surface area contributed by atoms with Gasteiger partial charge in [0.2, 0.25) is 0 Å². The van der Waals surface area contributed by atoms with Crippen molar-refractivity contribution < 1.29 is 19.7 Å². The van der Waals surface area contributed by atoms with Gasteiger partial charge in [-0.1, -0.05) is 6.92 Å². The number of hydrogen-bond donors (Lipinski definition) is 2. The number of methoxy groups -OCH3 is 1. The maximum Gasteiger partial charge on any atom is 0.335 e. The molecule has 1 fully saturated rings. The summed E-state index contributed by atoms with van der Waals surface area (Å²) in [5, 5.41) is 19.1. The number of carbonyl (C=O) groups is 1. The van der Waals surface area contributed by atoms with Crippen molar-refractivity contribution in [2.45, 2.75) is 50.7 Å². The Morgan fingerprint density at radius 1 is 1.40 bits per heavy atom. The normalized spacial score (nSPS) is 30.9. The van der Waals surface area contributed by atoms with Crippen LogP contribution in [0.25, 0.3) is 0 Å². The van der Waals surface area contributed by atoms with Gasteiger partial charge in [0.15, 0.2) is 5.60 Å². The minimum absolute atomic E-state index is 0.133. The average Bonchev–Trinajstić information content (AvgIpc) is 2.28. The highest BCUT2D eigenvalue weighted by Crippen LogP contribution is 2.35. The summed E-state index contributed by atoms with van der Waals surface area (Å²) in [5.41, 5.74) is -1.54. The highest BCUT2D eigenvalue weighted by molar-refractivity contribution is 5.77. The molecule has 1 atom stereocenters. The molecule has 0 heterocycles. The van der Waals surface area contributed by atoms with E-state index in [1.54, 1.807) is 14.0 Å². The molecular formula is C11H20O4. The topological polar surface area (TPSA) is 66.8 Å². The number of carboxylic acids is 1. The van der Waals surface area contributed by atoms with Gasteiger partial charge in [0.05, 0.1) is 6.10 Å². The maximum absolute atomic E-state index is 11.0. The van der Waals surface area contributed by atoms with Gasteiger partial charge in [-0.2, -0.15) is 0 Å². The zero-order valence-corrected chi connectivity index (χ0v) is 9.40. The second-order valence-electron chi connectivity index (χ2n) is 4.29. The van der Waals surface area contributed by atoms with Gasteiger partial charge in [-0.05, 0) is 38.0 Å². The van der Waals surface area contributed by atoms with Gasteiger partial charge >= 0.3 is 5.97 Å². The molecule has 1 rings (SSSR count). The second kappa shape index (κ2) is 4.94. The van der Waals surface area contributed by atoms with E-state index in [-0.39, 0.29) is 18.4 Å². The fourth-order valence-corrected chi connectivity index (χ4v) is 2.39. The van der Waals surface area contributed by atoms with Gasteiger partial charge in [0, 0.05) is 7.11 Å². The molecule has 0 amide bonds. The molecule has 0 aromatic rings. The second-order valence-corrected chi connectivity index (χ2v) is 4.29. The summed E-state index contributed by atoms with van der Waals surface area (Å²) in [4.78, 5) is 11.0. The molecule has 0 saturated heterocycles. The van der Waals surface area contributed by atoms with Crippen molar-refractivity contribution in [3.8, 4) is 0 Å². The third-order valence-electron chi connectivity index (χ3n) is 3.59. The van der Waals surface area contributed by atoms with Crippen molar-refractivity contribution in [3.05, 3.63) is 0 Å². The smallest absolute Gasteiger partial charge is 0.335 e. The molecule has 0 aromatic carbocycles. The number of aliphatic carboxylic acids is 1. The fraction of sp³-hybridized carbons (Fsp3) is 0.909. The molecule has 4 heteroatoms. The van der Waals surface area contributed by atoms with Gasteiger partial charge < -0.3 is 14.9 Å². The first kappa shape index (κ1) is 12.5. The number of ether oxygens (including phenoxy) is 1. The molecule has 2 N–H and O–H groups in total. The van der Waals surface area contributed by atoms with Crippen LogP contribution in [0.2, 0.25) is 0 Å². The zero-order chi connectivity index (χ0) is 11.5. The molecule has 0 aromatic heterocycles. The number of rotatable bonds is 4. The van der Waals surface area contributed by atoms with E-state index in [0.29, 0.717) is 0 Å². The van der Waals surface area contributed by atoms with E-state index in [0.717, 1.165) is 25.7 Å². The Morgan fingerprint density at radius 2 is 1.93 bits per heavy atom. The predicted molar refractivity (Wildman–Crippen MR) is 55.6 cm³/mol. The van der Waals surface area contributed by atoms with E-state index in [1.807, 2.05) is 0 Å². The first-order chi connectivity index (χ1) is 7.04. The van der Waals surface area contributed by atoms with E-state index in [2.05, 4.69) is 0 Å². The number of carboxylic acid groups (broad SMARTS) is 1. The molecule has 1 unspecified atom stereocenters. The standard InChI is InChI=1S/C11H20O4/c1-3-11(14,10(12)13)8-4-6-9(15-2)7-5-8/h8-9,14H,3-7H2,1-2H3,(H,12,13). The Hall–Kier alpha value is -0.610. The lowest BCUT2D eigenvalue weighted by Crippen LogP contribution is -2.47. The van der Waals surface area contributed by atoms with Gasteiger partial charge in [-0.25, -0.2) is 4.79 Å². The zero-order valence-electron chi connectivity index (χ0n) is 9.40.